The predicted molar refractivity (Wildman–Crippen MR) is 139 cm³/mol. The van der Waals surface area contributed by atoms with Gasteiger partial charge in [-0.3, -0.25) is 19.6 Å². The first kappa shape index (κ1) is 26.7. The summed E-state index contributed by atoms with van der Waals surface area (Å²) in [6, 6.07) is 7.17. The zero-order valence-electron chi connectivity index (χ0n) is 21.1. The fourth-order valence-electron chi connectivity index (χ4n) is 4.25. The second kappa shape index (κ2) is 12.1. The van der Waals surface area contributed by atoms with Gasteiger partial charge in [0.2, 0.25) is 11.8 Å². The molecule has 36 heavy (non-hydrogen) atoms. The van der Waals surface area contributed by atoms with Crippen LogP contribution in [0.5, 0.6) is 5.88 Å². The molecule has 0 bridgehead atoms. The number of benzene rings is 1. The fraction of sp³-hybridized carbons (Fsp3) is 0.423. The summed E-state index contributed by atoms with van der Waals surface area (Å²) >= 11 is 0. The van der Waals surface area contributed by atoms with Crippen LogP contribution in [0.1, 0.15) is 52.0 Å². The van der Waals surface area contributed by atoms with Crippen LogP contribution in [0.15, 0.2) is 53.0 Å². The van der Waals surface area contributed by atoms with Crippen molar-refractivity contribution in [3.63, 3.8) is 0 Å². The lowest BCUT2D eigenvalue weighted by molar-refractivity contribution is -0.147. The first-order valence-electron chi connectivity index (χ1n) is 12.0. The lowest BCUT2D eigenvalue weighted by Gasteiger charge is -2.27. The molecule has 0 saturated heterocycles. The summed E-state index contributed by atoms with van der Waals surface area (Å²) < 4.78 is 5.62. The fourth-order valence-corrected chi connectivity index (χ4v) is 4.25. The van der Waals surface area contributed by atoms with Gasteiger partial charge in [-0.1, -0.05) is 25.0 Å². The maximum Gasteiger partial charge on any atom is 0.307 e. The van der Waals surface area contributed by atoms with Gasteiger partial charge in [0.25, 0.3) is 0 Å². The number of carbonyl (C=O) groups is 2. The Morgan fingerprint density at radius 1 is 1.11 bits per heavy atom. The third-order valence-electron chi connectivity index (χ3n) is 5.92. The Balaban J connectivity index is 1.76. The van der Waals surface area contributed by atoms with E-state index >= 15 is 0 Å². The van der Waals surface area contributed by atoms with Crippen molar-refractivity contribution in [2.75, 3.05) is 17.7 Å². The molecule has 2 aromatic rings. The number of rotatable bonds is 9. The Morgan fingerprint density at radius 3 is 2.36 bits per heavy atom. The van der Waals surface area contributed by atoms with Crippen molar-refractivity contribution in [3.8, 4) is 5.88 Å². The summed E-state index contributed by atoms with van der Waals surface area (Å²) in [5.74, 6) is -1.50. The number of nitrogens with two attached hydrogens (primary N) is 1. The van der Waals surface area contributed by atoms with E-state index < -0.39 is 17.8 Å². The molecule has 10 heteroatoms. The number of aromatic nitrogens is 2. The number of allylic oxidation sites excluding steroid dienone is 2. The van der Waals surface area contributed by atoms with E-state index in [1.165, 1.54) is 6.20 Å². The zero-order chi connectivity index (χ0) is 26.2. The van der Waals surface area contributed by atoms with E-state index in [0.29, 0.717) is 47.3 Å². The normalized spacial score (nSPS) is 18.9. The highest BCUT2D eigenvalue weighted by molar-refractivity contribution is 6.14. The number of aliphatic carboxylic acids is 1. The number of nitrogens with zero attached hydrogens (tertiary/aromatic N) is 3. The molecule has 1 aliphatic carbocycles. The number of carboxylic acid groups (broad SMARTS) is 1. The van der Waals surface area contributed by atoms with E-state index in [0.717, 1.165) is 18.4 Å². The summed E-state index contributed by atoms with van der Waals surface area (Å²) in [7, 11) is 1.66. The largest absolute Gasteiger partial charge is 0.481 e. The van der Waals surface area contributed by atoms with Crippen molar-refractivity contribution in [1.82, 2.24) is 9.97 Å². The SMILES string of the molecule is CN=C(C(Nc1cncc(OC(C)C)n1)=C(C)N)c1ccc(NC(=O)C2CCCCC2C(=O)O)cc1. The summed E-state index contributed by atoms with van der Waals surface area (Å²) in [4.78, 5) is 37.4. The molecule has 2 atom stereocenters. The second-order valence-electron chi connectivity index (χ2n) is 9.07. The van der Waals surface area contributed by atoms with Gasteiger partial charge in [0.1, 0.15) is 0 Å². The molecule has 1 fully saturated rings. The summed E-state index contributed by atoms with van der Waals surface area (Å²) in [6.45, 7) is 5.57. The molecule has 1 aliphatic rings. The van der Waals surface area contributed by atoms with Crippen LogP contribution < -0.4 is 21.1 Å². The topological polar surface area (TPSA) is 152 Å². The molecule has 0 spiro atoms. The van der Waals surface area contributed by atoms with Gasteiger partial charge in [0.15, 0.2) is 5.82 Å². The third kappa shape index (κ3) is 6.80. The van der Waals surface area contributed by atoms with Crippen LogP contribution in [0.3, 0.4) is 0 Å². The van der Waals surface area contributed by atoms with E-state index in [9.17, 15) is 14.7 Å². The minimum Gasteiger partial charge on any atom is -0.481 e. The van der Waals surface area contributed by atoms with E-state index in [1.807, 2.05) is 26.0 Å². The summed E-state index contributed by atoms with van der Waals surface area (Å²) in [5, 5.41) is 15.5. The quantitative estimate of drug-likeness (QED) is 0.384. The van der Waals surface area contributed by atoms with Gasteiger partial charge in [-0.05, 0) is 45.7 Å². The van der Waals surface area contributed by atoms with Crippen molar-refractivity contribution < 1.29 is 19.4 Å². The predicted octanol–water partition coefficient (Wildman–Crippen LogP) is 3.81. The van der Waals surface area contributed by atoms with E-state index in [4.69, 9.17) is 10.5 Å². The number of amides is 1. The number of nitrogens with one attached hydrogen (secondary N) is 2. The van der Waals surface area contributed by atoms with Crippen LogP contribution in [0.4, 0.5) is 11.5 Å². The van der Waals surface area contributed by atoms with Gasteiger partial charge >= 0.3 is 5.97 Å². The number of anilines is 2. The second-order valence-corrected chi connectivity index (χ2v) is 9.07. The van der Waals surface area contributed by atoms with Crippen LogP contribution >= 0.6 is 0 Å². The average molecular weight is 495 g/mol. The number of ether oxygens (including phenoxy) is 1. The Bertz CT molecular complexity index is 1140. The van der Waals surface area contributed by atoms with E-state index in [2.05, 4.69) is 25.6 Å². The first-order valence-corrected chi connectivity index (χ1v) is 12.0. The van der Waals surface area contributed by atoms with Crippen molar-refractivity contribution in [3.05, 3.63) is 53.6 Å². The molecule has 1 amide bonds. The summed E-state index contributed by atoms with van der Waals surface area (Å²) in [5.41, 5.74) is 9.21. The van der Waals surface area contributed by atoms with Gasteiger partial charge < -0.3 is 26.2 Å². The Kier molecular flexibility index (Phi) is 8.99. The minimum absolute atomic E-state index is 0.0410. The van der Waals surface area contributed by atoms with Gasteiger partial charge in [0.05, 0.1) is 41.7 Å². The number of aliphatic imine (C=N–C) groups is 1. The number of carboxylic acids is 1. The highest BCUT2D eigenvalue weighted by Crippen LogP contribution is 2.31. The molecular weight excluding hydrogens is 460 g/mol. The van der Waals surface area contributed by atoms with Crippen molar-refractivity contribution in [2.24, 2.45) is 22.6 Å². The van der Waals surface area contributed by atoms with Crippen LogP contribution in [-0.4, -0.2) is 45.8 Å². The maximum absolute atomic E-state index is 12.8. The molecule has 1 aromatic carbocycles. The van der Waals surface area contributed by atoms with E-state index in [1.54, 1.807) is 32.3 Å². The van der Waals surface area contributed by atoms with Crippen LogP contribution in [0.25, 0.3) is 0 Å². The molecule has 5 N–H and O–H groups in total. The van der Waals surface area contributed by atoms with Gasteiger partial charge in [-0.2, -0.15) is 4.98 Å². The average Bonchev–Trinajstić information content (AvgIpc) is 2.84. The van der Waals surface area contributed by atoms with Crippen molar-refractivity contribution in [1.29, 1.82) is 0 Å². The Morgan fingerprint density at radius 2 is 1.78 bits per heavy atom. The number of carbonyl (C=O) groups excluding carboxylic acids is 1. The Hall–Kier alpha value is -3.95. The van der Waals surface area contributed by atoms with Gasteiger partial charge in [0, 0.05) is 24.0 Å². The molecule has 1 saturated carbocycles. The molecule has 1 aromatic heterocycles. The lowest BCUT2D eigenvalue weighted by atomic mass is 9.78. The smallest absolute Gasteiger partial charge is 0.307 e. The molecular formula is C26H34N6O4. The number of hydrogen-bond donors (Lipinski definition) is 4. The third-order valence-corrected chi connectivity index (χ3v) is 5.92. The highest BCUT2D eigenvalue weighted by Gasteiger charge is 2.35. The monoisotopic (exact) mass is 494 g/mol. The first-order chi connectivity index (χ1) is 17.2. The van der Waals surface area contributed by atoms with Crippen molar-refractivity contribution in [2.45, 2.75) is 52.6 Å². The molecule has 192 valence electrons. The molecule has 10 nitrogen and oxygen atoms in total. The molecule has 0 radical (unpaired) electrons. The van der Waals surface area contributed by atoms with Gasteiger partial charge in [-0.15, -0.1) is 0 Å². The maximum atomic E-state index is 12.8. The highest BCUT2D eigenvalue weighted by atomic mass is 16.5. The molecule has 0 aliphatic heterocycles. The standard InChI is InChI=1S/C26H34N6O4/c1-15(2)36-22-14-29-13-21(31-22)32-23(16(3)27)24(28-4)17-9-11-18(12-10-17)30-25(33)19-7-5-6-8-20(19)26(34)35/h9-15,19-20H,5-8,27H2,1-4H3,(H,30,33)(H,31,32)(H,34,35). The summed E-state index contributed by atoms with van der Waals surface area (Å²) in [6.07, 6.45) is 5.86. The zero-order valence-corrected chi connectivity index (χ0v) is 21.1. The molecule has 2 unspecified atom stereocenters. The van der Waals surface area contributed by atoms with Gasteiger partial charge in [-0.25, -0.2) is 0 Å². The van der Waals surface area contributed by atoms with Crippen LogP contribution in [0.2, 0.25) is 0 Å². The Labute approximate surface area is 211 Å². The molecule has 1 heterocycles. The van der Waals surface area contributed by atoms with E-state index in [-0.39, 0.29) is 12.0 Å². The van der Waals surface area contributed by atoms with Crippen LogP contribution in [-0.2, 0) is 9.59 Å². The lowest BCUT2D eigenvalue weighted by Crippen LogP contribution is -2.36. The number of hydrogen-bond acceptors (Lipinski definition) is 8. The minimum atomic E-state index is -0.913. The van der Waals surface area contributed by atoms with Crippen molar-refractivity contribution >= 4 is 29.1 Å². The molecule has 3 rings (SSSR count). The van der Waals surface area contributed by atoms with Crippen LogP contribution in [0, 0.1) is 11.8 Å².